The molecule has 0 aliphatic carbocycles. The number of aryl methyl sites for hydroxylation is 1. The Kier molecular flexibility index (Phi) is 24.3. The fraction of sp³-hybridized carbons (Fsp3) is 0.412. The van der Waals surface area contributed by atoms with E-state index in [0.717, 1.165) is 5.56 Å². The van der Waals surface area contributed by atoms with Gasteiger partial charge in [0.15, 0.2) is 0 Å². The van der Waals surface area contributed by atoms with E-state index in [2.05, 4.69) is 33.8 Å². The molecule has 122 valence electrons. The quantitative estimate of drug-likeness (QED) is 0.330. The van der Waals surface area contributed by atoms with Gasteiger partial charge >= 0.3 is 30.7 Å². The molecule has 0 spiro atoms. The number of rotatable bonds is 1. The van der Waals surface area contributed by atoms with Crippen LogP contribution in [-0.2, 0) is 17.6 Å². The fourth-order valence-electron chi connectivity index (χ4n) is 1.31. The number of allylic oxidation sites excluding steroid dienone is 4. The number of halogens is 2. The van der Waals surface area contributed by atoms with Gasteiger partial charge in [0, 0.05) is 0 Å². The van der Waals surface area contributed by atoms with Gasteiger partial charge in [0.2, 0.25) is 0 Å². The van der Waals surface area contributed by atoms with Crippen LogP contribution in [0.15, 0.2) is 34.9 Å². The van der Waals surface area contributed by atoms with Gasteiger partial charge in [0.05, 0.1) is 0 Å². The summed E-state index contributed by atoms with van der Waals surface area (Å²) in [6.45, 7) is 14.4. The Morgan fingerprint density at radius 2 is 1.50 bits per heavy atom. The molecule has 1 rings (SSSR count). The first-order valence-corrected chi connectivity index (χ1v) is 11.6. The third kappa shape index (κ3) is 12.8. The Balaban J connectivity index is -0.000000122. The summed E-state index contributed by atoms with van der Waals surface area (Å²) in [7, 11) is 0. The van der Waals surface area contributed by atoms with E-state index < -0.39 is 0 Å². The summed E-state index contributed by atoms with van der Waals surface area (Å²) in [6, 6.07) is 5.74. The zero-order valence-corrected chi connectivity index (χ0v) is 19.7. The minimum atomic E-state index is 0. The Bertz CT molecular complexity index is 461. The first kappa shape index (κ1) is 30.2. The van der Waals surface area contributed by atoms with Gasteiger partial charge in [-0.25, -0.2) is 5.57 Å². The molecule has 0 atom stereocenters. The van der Waals surface area contributed by atoms with Crippen LogP contribution in [0.25, 0.3) is 5.73 Å². The molecule has 0 amide bonds. The van der Waals surface area contributed by atoms with Crippen LogP contribution in [0.3, 0.4) is 0 Å². The Labute approximate surface area is 166 Å². The molecule has 0 saturated heterocycles. The van der Waals surface area contributed by atoms with Crippen LogP contribution in [0.4, 0.5) is 5.69 Å². The summed E-state index contributed by atoms with van der Waals surface area (Å²) in [5.74, 6) is 0. The standard InChI is InChI=1S/C9H15.C8H10N.2ClH.Ge.Ti/c1-6-8(4)9(5)7(2)3;1-6-4-3-5-8(9)7(6)2;;;;/h1-5H3;3-5,9H,1-2H3;2*1H;;/q2*-1;;;;+2/p-2. The second-order valence-electron chi connectivity index (χ2n) is 4.75. The fourth-order valence-corrected chi connectivity index (χ4v) is 1.31. The van der Waals surface area contributed by atoms with Gasteiger partial charge in [0.1, 0.15) is 0 Å². The number of hydrogen-bond acceptors (Lipinski definition) is 0. The van der Waals surface area contributed by atoms with Gasteiger partial charge in [-0.1, -0.05) is 44.5 Å². The SMILES string of the molecule is C[C-]=C(C)C(C)=C(C)C.Cc1cccc([NH-])c1C.[Cl-].[Cl-].[Ti+2]=[Ge]. The first-order chi connectivity index (χ1) is 9.31. The average molecular weight is 435 g/mol. The third-order valence-electron chi connectivity index (χ3n) is 3.29. The van der Waals surface area contributed by atoms with E-state index in [4.69, 9.17) is 5.73 Å². The monoisotopic (exact) mass is 435 g/mol. The maximum atomic E-state index is 7.36. The van der Waals surface area contributed by atoms with Crippen molar-refractivity contribution in [2.24, 2.45) is 0 Å². The van der Waals surface area contributed by atoms with Crippen LogP contribution in [-0.4, -0.2) is 13.1 Å². The zero-order valence-electron chi connectivity index (χ0n) is 14.5. The van der Waals surface area contributed by atoms with Gasteiger partial charge in [0.25, 0.3) is 0 Å². The van der Waals surface area contributed by atoms with Gasteiger partial charge < -0.3 is 30.5 Å². The minimum absolute atomic E-state index is 0. The molecule has 2 radical (unpaired) electrons. The molecule has 1 N–H and O–H groups in total. The normalized spacial score (nSPS) is 8.86. The van der Waals surface area contributed by atoms with Crippen LogP contribution in [0.1, 0.15) is 45.7 Å². The van der Waals surface area contributed by atoms with Crippen molar-refractivity contribution >= 4 is 18.8 Å². The van der Waals surface area contributed by atoms with Gasteiger partial charge in [-0.3, -0.25) is 6.08 Å². The maximum absolute atomic E-state index is 7.36. The Morgan fingerprint density at radius 3 is 1.73 bits per heavy atom. The molecule has 22 heavy (non-hydrogen) atoms. The summed E-state index contributed by atoms with van der Waals surface area (Å²) >= 11 is 4.00. The molecular weight excluding hydrogens is 410 g/mol. The van der Waals surface area contributed by atoms with Gasteiger partial charge in [-0.15, -0.1) is 19.5 Å². The van der Waals surface area contributed by atoms with E-state index in [1.807, 2.05) is 69.7 Å². The third-order valence-corrected chi connectivity index (χ3v) is 3.29. The molecule has 1 aromatic carbocycles. The zero-order chi connectivity index (χ0) is 16.3. The van der Waals surface area contributed by atoms with Crippen LogP contribution in [0, 0.1) is 19.9 Å². The van der Waals surface area contributed by atoms with Crippen molar-refractivity contribution in [1.82, 2.24) is 0 Å². The molecule has 0 aromatic heterocycles. The first-order valence-electron chi connectivity index (χ1n) is 6.49. The predicted molar refractivity (Wildman–Crippen MR) is 87.8 cm³/mol. The summed E-state index contributed by atoms with van der Waals surface area (Å²) in [5.41, 5.74) is 14.3. The van der Waals surface area contributed by atoms with Crippen molar-refractivity contribution in [1.29, 1.82) is 0 Å². The number of hydrogen-bond donors (Lipinski definition) is 0. The molecule has 5 heteroatoms. The van der Waals surface area contributed by atoms with Crippen molar-refractivity contribution in [3.63, 3.8) is 0 Å². The Morgan fingerprint density at radius 1 is 1.05 bits per heavy atom. The summed E-state index contributed by atoms with van der Waals surface area (Å²) < 4.78 is 0. The average Bonchev–Trinajstić information content (AvgIpc) is 2.45. The van der Waals surface area contributed by atoms with Crippen molar-refractivity contribution in [2.75, 3.05) is 0 Å². The van der Waals surface area contributed by atoms with Crippen molar-refractivity contribution in [2.45, 2.75) is 48.5 Å². The van der Waals surface area contributed by atoms with Gasteiger partial charge in [-0.05, 0) is 19.4 Å². The second-order valence-corrected chi connectivity index (χ2v) is 4.75. The molecule has 0 unspecified atom stereocenters. The predicted octanol–water partition coefficient (Wildman–Crippen LogP) is -0.276. The molecular formula is C17H25Cl2GeNTi-2. The van der Waals surface area contributed by atoms with Crippen molar-refractivity contribution in [3.05, 3.63) is 57.9 Å². The molecule has 1 aromatic rings. The number of nitrogens with one attached hydrogen (secondary N) is 1. The van der Waals surface area contributed by atoms with E-state index in [-0.39, 0.29) is 24.8 Å². The topological polar surface area (TPSA) is 23.8 Å². The van der Waals surface area contributed by atoms with E-state index >= 15 is 0 Å². The van der Waals surface area contributed by atoms with Crippen LogP contribution < -0.4 is 24.8 Å². The molecule has 0 saturated carbocycles. The van der Waals surface area contributed by atoms with E-state index in [0.29, 0.717) is 5.69 Å². The van der Waals surface area contributed by atoms with Crippen molar-refractivity contribution in [3.8, 4) is 0 Å². The van der Waals surface area contributed by atoms with E-state index in [1.165, 1.54) is 22.3 Å². The molecule has 0 aliphatic heterocycles. The summed E-state index contributed by atoms with van der Waals surface area (Å²) in [5, 5.41) is 0. The second kappa shape index (κ2) is 17.7. The Hall–Kier alpha value is 0.337. The van der Waals surface area contributed by atoms with Gasteiger partial charge in [-0.2, -0.15) is 11.1 Å². The molecule has 1 nitrogen and oxygen atoms in total. The van der Waals surface area contributed by atoms with Crippen LogP contribution >= 0.6 is 0 Å². The molecule has 0 aliphatic rings. The van der Waals surface area contributed by atoms with Crippen LogP contribution in [0.5, 0.6) is 0 Å². The molecule has 0 fully saturated rings. The molecule has 0 heterocycles. The summed E-state index contributed by atoms with van der Waals surface area (Å²) in [6.07, 6.45) is 3.10. The molecule has 0 bridgehead atoms. The summed E-state index contributed by atoms with van der Waals surface area (Å²) in [4.78, 5) is 0. The number of benzene rings is 1. The van der Waals surface area contributed by atoms with Crippen molar-refractivity contribution < 1.29 is 42.4 Å². The van der Waals surface area contributed by atoms with E-state index in [1.54, 1.807) is 0 Å². The van der Waals surface area contributed by atoms with Crippen LogP contribution in [0.2, 0.25) is 0 Å². The van der Waals surface area contributed by atoms with E-state index in [9.17, 15) is 0 Å².